The number of amides is 1. The molecular weight excluding hydrogens is 248 g/mol. The van der Waals surface area contributed by atoms with Gasteiger partial charge in [-0.1, -0.05) is 37.8 Å². The van der Waals surface area contributed by atoms with Crippen LogP contribution in [0.25, 0.3) is 0 Å². The van der Waals surface area contributed by atoms with Gasteiger partial charge in [-0.05, 0) is 31.0 Å². The van der Waals surface area contributed by atoms with Crippen LogP contribution in [0.2, 0.25) is 5.02 Å². The third-order valence-electron chi connectivity index (χ3n) is 3.77. The van der Waals surface area contributed by atoms with Crippen LogP contribution in [-0.2, 0) is 4.79 Å². The molecule has 0 spiro atoms. The first-order valence-electron chi connectivity index (χ1n) is 6.38. The third kappa shape index (κ3) is 2.78. The Balaban J connectivity index is 2.13. The average molecular weight is 267 g/mol. The van der Waals surface area contributed by atoms with Crippen LogP contribution in [0.4, 0.5) is 11.4 Å². The van der Waals surface area contributed by atoms with Crippen molar-refractivity contribution in [3.8, 4) is 0 Å². The molecule has 0 radical (unpaired) electrons. The summed E-state index contributed by atoms with van der Waals surface area (Å²) in [7, 11) is 0. The highest BCUT2D eigenvalue weighted by molar-refractivity contribution is 6.31. The van der Waals surface area contributed by atoms with Gasteiger partial charge in [-0.2, -0.15) is 0 Å². The molecule has 1 aliphatic carbocycles. The molecule has 1 amide bonds. The molecule has 2 rings (SSSR count). The lowest BCUT2D eigenvalue weighted by Gasteiger charge is -2.32. The Kier molecular flexibility index (Phi) is 3.81. The molecule has 0 saturated heterocycles. The summed E-state index contributed by atoms with van der Waals surface area (Å²) in [5.74, 6) is 0.0520. The second-order valence-corrected chi connectivity index (χ2v) is 5.74. The van der Waals surface area contributed by atoms with E-state index < -0.39 is 0 Å². The maximum Gasteiger partial charge on any atom is 0.230 e. The molecule has 0 aliphatic heterocycles. The first-order valence-corrected chi connectivity index (χ1v) is 6.75. The van der Waals surface area contributed by atoms with Gasteiger partial charge in [0.1, 0.15) is 0 Å². The van der Waals surface area contributed by atoms with Crippen molar-refractivity contribution >= 4 is 28.9 Å². The van der Waals surface area contributed by atoms with Gasteiger partial charge in [0.2, 0.25) is 5.91 Å². The molecule has 0 aromatic heterocycles. The Bertz CT molecular complexity index is 453. The number of hydrogen-bond acceptors (Lipinski definition) is 2. The standard InChI is InChI=1S/C14H19ClN2O/c1-14(7-3-2-4-8-14)13(18)17-12-9-10(15)5-6-11(12)16/h5-6,9H,2-4,7-8,16H2,1H3,(H,17,18). The number of hydrogen-bond donors (Lipinski definition) is 2. The summed E-state index contributed by atoms with van der Waals surface area (Å²) < 4.78 is 0. The van der Waals surface area contributed by atoms with E-state index in [1.165, 1.54) is 6.42 Å². The van der Waals surface area contributed by atoms with Crippen molar-refractivity contribution in [2.24, 2.45) is 5.41 Å². The van der Waals surface area contributed by atoms with Crippen molar-refractivity contribution in [2.75, 3.05) is 11.1 Å². The topological polar surface area (TPSA) is 55.1 Å². The molecule has 4 heteroatoms. The first-order chi connectivity index (χ1) is 8.51. The van der Waals surface area contributed by atoms with E-state index in [0.29, 0.717) is 16.4 Å². The van der Waals surface area contributed by atoms with Crippen molar-refractivity contribution in [3.05, 3.63) is 23.2 Å². The number of nitrogens with two attached hydrogens (primary N) is 1. The summed E-state index contributed by atoms with van der Waals surface area (Å²) in [5, 5.41) is 3.49. The zero-order chi connectivity index (χ0) is 13.2. The molecule has 3 nitrogen and oxygen atoms in total. The van der Waals surface area contributed by atoms with Gasteiger partial charge in [-0.15, -0.1) is 0 Å². The Morgan fingerprint density at radius 1 is 1.33 bits per heavy atom. The number of benzene rings is 1. The van der Waals surface area contributed by atoms with Gasteiger partial charge in [0.15, 0.2) is 0 Å². The van der Waals surface area contributed by atoms with E-state index in [4.69, 9.17) is 17.3 Å². The van der Waals surface area contributed by atoms with E-state index in [-0.39, 0.29) is 11.3 Å². The highest BCUT2D eigenvalue weighted by Gasteiger charge is 2.34. The zero-order valence-electron chi connectivity index (χ0n) is 10.6. The minimum Gasteiger partial charge on any atom is -0.397 e. The highest BCUT2D eigenvalue weighted by atomic mass is 35.5. The molecule has 18 heavy (non-hydrogen) atoms. The van der Waals surface area contributed by atoms with Crippen molar-refractivity contribution < 1.29 is 4.79 Å². The molecule has 0 heterocycles. The van der Waals surface area contributed by atoms with Crippen LogP contribution in [0, 0.1) is 5.41 Å². The van der Waals surface area contributed by atoms with Crippen LogP contribution >= 0.6 is 11.6 Å². The second kappa shape index (κ2) is 5.19. The lowest BCUT2D eigenvalue weighted by molar-refractivity contribution is -0.126. The quantitative estimate of drug-likeness (QED) is 0.800. The monoisotopic (exact) mass is 266 g/mol. The van der Waals surface area contributed by atoms with E-state index in [1.54, 1.807) is 18.2 Å². The van der Waals surface area contributed by atoms with Crippen molar-refractivity contribution in [3.63, 3.8) is 0 Å². The zero-order valence-corrected chi connectivity index (χ0v) is 11.4. The van der Waals surface area contributed by atoms with E-state index in [0.717, 1.165) is 25.7 Å². The highest BCUT2D eigenvalue weighted by Crippen LogP contribution is 2.37. The fraction of sp³-hybridized carbons (Fsp3) is 0.500. The molecule has 1 aliphatic rings. The Morgan fingerprint density at radius 3 is 2.67 bits per heavy atom. The van der Waals surface area contributed by atoms with Gasteiger partial charge >= 0.3 is 0 Å². The van der Waals surface area contributed by atoms with E-state index >= 15 is 0 Å². The molecule has 1 aromatic rings. The predicted octanol–water partition coefficient (Wildman–Crippen LogP) is 3.83. The number of rotatable bonds is 2. The van der Waals surface area contributed by atoms with Crippen LogP contribution in [0.3, 0.4) is 0 Å². The normalized spacial score (nSPS) is 18.3. The molecule has 1 saturated carbocycles. The smallest absolute Gasteiger partial charge is 0.230 e. The lowest BCUT2D eigenvalue weighted by Crippen LogP contribution is -2.35. The van der Waals surface area contributed by atoms with Gasteiger partial charge < -0.3 is 11.1 Å². The molecule has 98 valence electrons. The van der Waals surface area contributed by atoms with E-state index in [1.807, 2.05) is 6.92 Å². The van der Waals surface area contributed by atoms with Crippen molar-refractivity contribution in [2.45, 2.75) is 39.0 Å². The molecule has 1 fully saturated rings. The Labute approximate surface area is 113 Å². The molecule has 0 unspecified atom stereocenters. The summed E-state index contributed by atoms with van der Waals surface area (Å²) in [4.78, 5) is 12.3. The Morgan fingerprint density at radius 2 is 2.00 bits per heavy atom. The largest absolute Gasteiger partial charge is 0.397 e. The van der Waals surface area contributed by atoms with Crippen molar-refractivity contribution in [1.29, 1.82) is 0 Å². The van der Waals surface area contributed by atoms with Crippen LogP contribution < -0.4 is 11.1 Å². The van der Waals surface area contributed by atoms with Gasteiger partial charge in [-0.3, -0.25) is 4.79 Å². The summed E-state index contributed by atoms with van der Waals surface area (Å²) in [6.45, 7) is 2.03. The number of carbonyl (C=O) groups is 1. The fourth-order valence-corrected chi connectivity index (χ4v) is 2.64. The second-order valence-electron chi connectivity index (χ2n) is 5.31. The molecular formula is C14H19ClN2O. The van der Waals surface area contributed by atoms with Gasteiger partial charge in [0.25, 0.3) is 0 Å². The lowest BCUT2D eigenvalue weighted by atomic mass is 9.75. The summed E-state index contributed by atoms with van der Waals surface area (Å²) in [6, 6.07) is 5.12. The maximum atomic E-state index is 12.3. The first kappa shape index (κ1) is 13.2. The number of nitrogen functional groups attached to an aromatic ring is 1. The molecule has 0 bridgehead atoms. The maximum absolute atomic E-state index is 12.3. The number of anilines is 2. The van der Waals surface area contributed by atoms with Crippen LogP contribution in [0.15, 0.2) is 18.2 Å². The van der Waals surface area contributed by atoms with Crippen molar-refractivity contribution in [1.82, 2.24) is 0 Å². The predicted molar refractivity (Wildman–Crippen MR) is 75.7 cm³/mol. The van der Waals surface area contributed by atoms with Crippen LogP contribution in [0.1, 0.15) is 39.0 Å². The number of halogens is 1. The van der Waals surface area contributed by atoms with Gasteiger partial charge in [0.05, 0.1) is 11.4 Å². The van der Waals surface area contributed by atoms with Crippen LogP contribution in [-0.4, -0.2) is 5.91 Å². The number of carbonyl (C=O) groups excluding carboxylic acids is 1. The van der Waals surface area contributed by atoms with E-state index in [9.17, 15) is 4.79 Å². The summed E-state index contributed by atoms with van der Waals surface area (Å²) in [6.07, 6.45) is 5.35. The summed E-state index contributed by atoms with van der Waals surface area (Å²) >= 11 is 5.91. The molecule has 0 atom stereocenters. The average Bonchev–Trinajstić information content (AvgIpc) is 2.35. The SMILES string of the molecule is CC1(C(=O)Nc2cc(Cl)ccc2N)CCCCC1. The molecule has 3 N–H and O–H groups in total. The third-order valence-corrected chi connectivity index (χ3v) is 4.00. The minimum absolute atomic E-state index is 0.0520. The van der Waals surface area contributed by atoms with Crippen LogP contribution in [0.5, 0.6) is 0 Å². The van der Waals surface area contributed by atoms with Gasteiger partial charge in [-0.25, -0.2) is 0 Å². The number of nitrogens with one attached hydrogen (secondary N) is 1. The van der Waals surface area contributed by atoms with Gasteiger partial charge in [0, 0.05) is 10.4 Å². The fourth-order valence-electron chi connectivity index (χ4n) is 2.47. The molecule has 1 aromatic carbocycles. The summed E-state index contributed by atoms with van der Waals surface area (Å²) in [5.41, 5.74) is 6.72. The minimum atomic E-state index is -0.271. The van der Waals surface area contributed by atoms with E-state index in [2.05, 4.69) is 5.32 Å². The Hall–Kier alpha value is -1.22.